The smallest absolute Gasteiger partial charge is 0.306 e. The van der Waals surface area contributed by atoms with E-state index < -0.39 is 33.6 Å². The van der Waals surface area contributed by atoms with E-state index in [1.165, 1.54) is 19.2 Å². The maximum Gasteiger partial charge on any atom is 0.306 e. The van der Waals surface area contributed by atoms with E-state index in [2.05, 4.69) is 10.6 Å². The van der Waals surface area contributed by atoms with Crippen molar-refractivity contribution in [1.29, 1.82) is 0 Å². The van der Waals surface area contributed by atoms with Crippen molar-refractivity contribution in [1.82, 2.24) is 9.62 Å². The van der Waals surface area contributed by atoms with E-state index in [9.17, 15) is 18.0 Å². The summed E-state index contributed by atoms with van der Waals surface area (Å²) in [4.78, 5) is 26.8. The number of fused-ring (bicyclic) bond motifs is 2. The second kappa shape index (κ2) is 14.7. The van der Waals surface area contributed by atoms with Gasteiger partial charge in [-0.3, -0.25) is 9.59 Å². The molecule has 3 aliphatic heterocycles. The second-order valence-corrected chi connectivity index (χ2v) is 14.5. The normalized spacial score (nSPS) is 24.9. The summed E-state index contributed by atoms with van der Waals surface area (Å²) in [7, 11) is -2.10. The average Bonchev–Trinajstić information content (AvgIpc) is 3.13. The van der Waals surface area contributed by atoms with Crippen molar-refractivity contribution >= 4 is 39.2 Å². The predicted octanol–water partition coefficient (Wildman–Crippen LogP) is 4.51. The number of rotatable bonds is 10. The van der Waals surface area contributed by atoms with E-state index in [1.807, 2.05) is 12.1 Å². The molecule has 2 bridgehead atoms. The zero-order chi connectivity index (χ0) is 31.3. The quantitative estimate of drug-likeness (QED) is 0.364. The summed E-state index contributed by atoms with van der Waals surface area (Å²) in [5.41, 5.74) is 1.50. The maximum absolute atomic E-state index is 15.3. The van der Waals surface area contributed by atoms with Crippen LogP contribution in [0.15, 0.2) is 42.5 Å². The molecule has 9 nitrogen and oxygen atoms in total. The van der Waals surface area contributed by atoms with E-state index >= 15 is 4.39 Å². The summed E-state index contributed by atoms with van der Waals surface area (Å²) in [5, 5.41) is 6.96. The lowest BCUT2D eigenvalue weighted by Crippen LogP contribution is -2.57. The number of anilines is 1. The number of esters is 1. The Morgan fingerprint density at radius 3 is 2.64 bits per heavy atom. The molecular weight excluding hydrogens is 609 g/mol. The van der Waals surface area contributed by atoms with Crippen molar-refractivity contribution in [2.45, 2.75) is 62.9 Å². The van der Waals surface area contributed by atoms with Crippen molar-refractivity contribution in [2.75, 3.05) is 44.5 Å². The average molecular weight is 650 g/mol. The highest BCUT2D eigenvalue weighted by atomic mass is 35.5. The van der Waals surface area contributed by atoms with Crippen molar-refractivity contribution < 1.29 is 31.9 Å². The lowest BCUT2D eigenvalue weighted by Gasteiger charge is -2.37. The summed E-state index contributed by atoms with van der Waals surface area (Å²) < 4.78 is 53.4. The minimum absolute atomic E-state index is 0.0653. The molecule has 0 aliphatic carbocycles. The molecule has 12 heteroatoms. The molecule has 2 aromatic carbocycles. The van der Waals surface area contributed by atoms with Crippen LogP contribution in [0.4, 0.5) is 10.1 Å². The first kappa shape index (κ1) is 32.8. The minimum Gasteiger partial charge on any atom is -0.469 e. The number of carbonyl (C=O) groups is 2. The number of sulfonamides is 1. The van der Waals surface area contributed by atoms with Crippen molar-refractivity contribution in [3.63, 3.8) is 0 Å². The molecule has 3 unspecified atom stereocenters. The van der Waals surface area contributed by atoms with E-state index in [-0.39, 0.29) is 42.5 Å². The Labute approximate surface area is 263 Å². The Morgan fingerprint density at radius 1 is 1.16 bits per heavy atom. The van der Waals surface area contributed by atoms with Crippen LogP contribution in [0.1, 0.15) is 55.6 Å². The largest absolute Gasteiger partial charge is 0.469 e. The summed E-state index contributed by atoms with van der Waals surface area (Å²) in [5.74, 6) is -2.36. The van der Waals surface area contributed by atoms with Crippen LogP contribution in [0.25, 0.3) is 0 Å². The number of amides is 1. The molecule has 240 valence electrons. The number of carbonyl (C=O) groups excluding carboxylic acids is 2. The molecule has 3 fully saturated rings. The van der Waals surface area contributed by atoms with Gasteiger partial charge in [-0.15, -0.1) is 0 Å². The van der Waals surface area contributed by atoms with Gasteiger partial charge in [-0.2, -0.15) is 4.31 Å². The fourth-order valence-corrected chi connectivity index (χ4v) is 8.88. The third-order valence-electron chi connectivity index (χ3n) is 9.28. The van der Waals surface area contributed by atoms with Gasteiger partial charge in [0.05, 0.1) is 25.2 Å². The van der Waals surface area contributed by atoms with Gasteiger partial charge < -0.3 is 20.1 Å². The van der Waals surface area contributed by atoms with Crippen LogP contribution >= 0.6 is 11.6 Å². The van der Waals surface area contributed by atoms with Crippen LogP contribution in [-0.4, -0.2) is 75.8 Å². The second-order valence-electron chi connectivity index (χ2n) is 12.0. The molecule has 3 aliphatic rings. The number of nitrogens with zero attached hydrogens (tertiary/aromatic N) is 1. The molecule has 1 amide bonds. The van der Waals surface area contributed by atoms with Crippen LogP contribution in [0.5, 0.6) is 0 Å². The Morgan fingerprint density at radius 2 is 1.91 bits per heavy atom. The van der Waals surface area contributed by atoms with E-state index in [1.54, 1.807) is 22.5 Å². The zero-order valence-corrected chi connectivity index (χ0v) is 26.5. The van der Waals surface area contributed by atoms with Gasteiger partial charge in [-0.25, -0.2) is 12.8 Å². The van der Waals surface area contributed by atoms with Gasteiger partial charge in [0.1, 0.15) is 5.82 Å². The first-order chi connectivity index (χ1) is 21.2. The highest BCUT2D eigenvalue weighted by Crippen LogP contribution is 2.41. The number of methoxy groups -OCH3 is 1. The van der Waals surface area contributed by atoms with Gasteiger partial charge in [0, 0.05) is 54.7 Å². The fourth-order valence-electron chi connectivity index (χ4n) is 6.95. The van der Waals surface area contributed by atoms with Gasteiger partial charge in [0.15, 0.2) is 0 Å². The summed E-state index contributed by atoms with van der Waals surface area (Å²) in [6.45, 7) is 2.02. The molecule has 5 rings (SSSR count). The van der Waals surface area contributed by atoms with Crippen LogP contribution in [0.3, 0.4) is 0 Å². The molecule has 3 saturated heterocycles. The lowest BCUT2D eigenvalue weighted by molar-refractivity contribution is -0.144. The summed E-state index contributed by atoms with van der Waals surface area (Å²) in [6.07, 6.45) is 3.34. The van der Waals surface area contributed by atoms with Crippen molar-refractivity contribution in [2.24, 2.45) is 11.8 Å². The number of nitrogens with one attached hydrogen (secondary N) is 2. The summed E-state index contributed by atoms with van der Waals surface area (Å²) in [6, 6.07) is 11.6. The molecule has 44 heavy (non-hydrogen) atoms. The van der Waals surface area contributed by atoms with Crippen LogP contribution in [0.2, 0.25) is 5.02 Å². The molecule has 2 N–H and O–H groups in total. The molecule has 2 aromatic rings. The van der Waals surface area contributed by atoms with Gasteiger partial charge >= 0.3 is 5.97 Å². The van der Waals surface area contributed by atoms with Crippen LogP contribution < -0.4 is 10.6 Å². The van der Waals surface area contributed by atoms with E-state index in [4.69, 9.17) is 21.1 Å². The van der Waals surface area contributed by atoms with Gasteiger partial charge in [-0.1, -0.05) is 29.8 Å². The number of benzene rings is 2. The molecule has 0 spiro atoms. The number of hydrogen-bond donors (Lipinski definition) is 2. The molecule has 5 atom stereocenters. The predicted molar refractivity (Wildman–Crippen MR) is 167 cm³/mol. The number of piperazine rings is 1. The van der Waals surface area contributed by atoms with E-state index in [0.29, 0.717) is 55.4 Å². The van der Waals surface area contributed by atoms with Gasteiger partial charge in [0.25, 0.3) is 0 Å². The number of ether oxygens (including phenoxy) is 2. The molecule has 3 heterocycles. The molecular formula is C32H41ClFN3O6S. The Kier molecular flexibility index (Phi) is 10.9. The van der Waals surface area contributed by atoms with Gasteiger partial charge in [-0.05, 0) is 80.2 Å². The Hall–Kier alpha value is -2.57. The highest BCUT2D eigenvalue weighted by molar-refractivity contribution is 7.89. The number of halogens is 2. The summed E-state index contributed by atoms with van der Waals surface area (Å²) >= 11 is 6.18. The van der Waals surface area contributed by atoms with E-state index in [0.717, 1.165) is 24.8 Å². The highest BCUT2D eigenvalue weighted by Gasteiger charge is 2.40. The first-order valence-corrected chi connectivity index (χ1v) is 17.4. The Balaban J connectivity index is 1.40. The molecule has 0 radical (unpaired) electrons. The first-order valence-electron chi connectivity index (χ1n) is 15.4. The standard InChI is InChI=1S/C32H41ClFN3O6S/c1-42-30(38)18-27(31(22-13-15-43-16-14-22)21-7-9-23(33)10-8-21)32(39)36-29-6-2-5-28(34)26(29)12-11-25-19-35-24-4-3-17-44(40,41)37(25)20-24/h2,5-10,22,24-25,27,31,35H,3-4,11-20H2,1H3,(H,36,39)/t24?,25?,27-,31-/m0/s1. The number of hydrogen-bond acceptors (Lipinski definition) is 7. The fraction of sp³-hybridized carbons (Fsp3) is 0.562. The van der Waals surface area contributed by atoms with Crippen molar-refractivity contribution in [3.8, 4) is 0 Å². The van der Waals surface area contributed by atoms with Crippen LogP contribution in [-0.2, 0) is 35.5 Å². The van der Waals surface area contributed by atoms with Crippen LogP contribution in [0, 0.1) is 17.7 Å². The molecule has 0 saturated carbocycles. The third-order valence-corrected chi connectivity index (χ3v) is 11.5. The lowest BCUT2D eigenvalue weighted by atomic mass is 9.72. The maximum atomic E-state index is 15.3. The Bertz CT molecular complexity index is 1420. The monoisotopic (exact) mass is 649 g/mol. The molecule has 0 aromatic heterocycles. The van der Waals surface area contributed by atoms with Crippen molar-refractivity contribution in [3.05, 3.63) is 64.4 Å². The minimum atomic E-state index is -3.39. The van der Waals surface area contributed by atoms with Gasteiger partial charge in [0.2, 0.25) is 15.9 Å². The SMILES string of the molecule is COC(=O)C[C@H](C(=O)Nc1cccc(F)c1CCC1CNC2CCCS(=O)(=O)N1C2)[C@@H](c1ccc(Cl)cc1)C1CCOCC1. The zero-order valence-electron chi connectivity index (χ0n) is 25.0. The topological polar surface area (TPSA) is 114 Å². The third kappa shape index (κ3) is 7.80.